The molecule has 2 heterocycles. The van der Waals surface area contributed by atoms with Gasteiger partial charge >= 0.3 is 6.01 Å². The first-order valence-electron chi connectivity index (χ1n) is 12.1. The molecule has 12 heteroatoms. The molecule has 0 N–H and O–H groups in total. The van der Waals surface area contributed by atoms with Crippen LogP contribution in [0.1, 0.15) is 13.8 Å². The summed E-state index contributed by atoms with van der Waals surface area (Å²) >= 11 is 7.68. The van der Waals surface area contributed by atoms with Gasteiger partial charge < -0.3 is 9.47 Å². The lowest BCUT2D eigenvalue weighted by atomic mass is 10.1. The Balaban J connectivity index is 1.70. The van der Waals surface area contributed by atoms with E-state index in [1.165, 1.54) is 22.4 Å². The van der Waals surface area contributed by atoms with Crippen LogP contribution in [0.2, 0.25) is 5.02 Å². The monoisotopic (exact) mass is 585 g/mol. The quantitative estimate of drug-likeness (QED) is 0.155. The number of benzene rings is 2. The number of hydrogen-bond donors (Lipinski definition) is 0. The third-order valence-corrected chi connectivity index (χ3v) is 8.12. The number of thioether (sulfide) groups is 1. The minimum Gasteiger partial charge on any atom is -0.473 e. The van der Waals surface area contributed by atoms with E-state index in [4.69, 9.17) is 21.1 Å². The maximum Gasteiger partial charge on any atom is 0.316 e. The van der Waals surface area contributed by atoms with Gasteiger partial charge in [-0.25, -0.2) is 32.7 Å². The van der Waals surface area contributed by atoms with Crippen LogP contribution >= 0.6 is 23.4 Å². The highest BCUT2D eigenvalue weighted by Crippen LogP contribution is 2.38. The molecule has 0 amide bonds. The number of sulfonamides is 1. The lowest BCUT2D eigenvalue weighted by Gasteiger charge is -2.27. The fourth-order valence-electron chi connectivity index (χ4n) is 3.63. The summed E-state index contributed by atoms with van der Waals surface area (Å²) in [6.45, 7) is 4.34. The second-order valence-corrected chi connectivity index (χ2v) is 11.9. The molecular formula is C27H28ClN5O4S2. The largest absolute Gasteiger partial charge is 0.473 e. The molecule has 0 aliphatic rings. The number of rotatable bonds is 12. The molecule has 4 rings (SSSR count). The molecule has 0 aliphatic heterocycles. The van der Waals surface area contributed by atoms with E-state index in [1.807, 2.05) is 20.1 Å². The Labute approximate surface area is 237 Å². The maximum absolute atomic E-state index is 13.8. The topological polar surface area (TPSA) is 107 Å². The van der Waals surface area contributed by atoms with E-state index < -0.39 is 10.0 Å². The molecule has 0 unspecified atom stereocenters. The van der Waals surface area contributed by atoms with Crippen molar-refractivity contribution in [1.29, 1.82) is 0 Å². The number of aromatic nitrogens is 4. The molecule has 0 atom stereocenters. The van der Waals surface area contributed by atoms with Gasteiger partial charge in [0.15, 0.2) is 5.82 Å². The van der Waals surface area contributed by atoms with Gasteiger partial charge in [0, 0.05) is 28.9 Å². The van der Waals surface area contributed by atoms with Gasteiger partial charge in [-0.2, -0.15) is 0 Å². The van der Waals surface area contributed by atoms with Gasteiger partial charge in [0.05, 0.1) is 10.5 Å². The number of anilines is 1. The van der Waals surface area contributed by atoms with Crippen molar-refractivity contribution in [1.82, 2.24) is 19.9 Å². The first-order chi connectivity index (χ1) is 18.8. The summed E-state index contributed by atoms with van der Waals surface area (Å²) in [5, 5.41) is 0.538. The van der Waals surface area contributed by atoms with E-state index in [9.17, 15) is 8.42 Å². The molecule has 0 spiro atoms. The van der Waals surface area contributed by atoms with Crippen molar-refractivity contribution in [2.45, 2.75) is 23.6 Å². The van der Waals surface area contributed by atoms with E-state index in [0.29, 0.717) is 16.1 Å². The van der Waals surface area contributed by atoms with Crippen molar-refractivity contribution in [2.75, 3.05) is 30.3 Å². The summed E-state index contributed by atoms with van der Waals surface area (Å²) in [6, 6.07) is 15.5. The lowest BCUT2D eigenvalue weighted by molar-refractivity contribution is 0.201. The van der Waals surface area contributed by atoms with Gasteiger partial charge in [-0.15, -0.1) is 11.8 Å². The third-order valence-electron chi connectivity index (χ3n) is 5.42. The summed E-state index contributed by atoms with van der Waals surface area (Å²) in [6.07, 6.45) is 6.59. The number of ether oxygens (including phenoxy) is 2. The molecule has 9 nitrogen and oxygen atoms in total. The molecule has 0 fully saturated rings. The zero-order chi connectivity index (χ0) is 27.8. The molecule has 4 aromatic rings. The zero-order valence-electron chi connectivity index (χ0n) is 21.7. The van der Waals surface area contributed by atoms with Crippen LogP contribution in [-0.4, -0.2) is 54.4 Å². The van der Waals surface area contributed by atoms with Gasteiger partial charge in [0.1, 0.15) is 19.5 Å². The summed E-state index contributed by atoms with van der Waals surface area (Å²) < 4.78 is 40.6. The third kappa shape index (κ3) is 7.17. The van der Waals surface area contributed by atoms with Crippen LogP contribution in [0.5, 0.6) is 11.9 Å². The predicted molar refractivity (Wildman–Crippen MR) is 153 cm³/mol. The van der Waals surface area contributed by atoms with Crippen molar-refractivity contribution in [3.8, 4) is 23.0 Å². The molecule has 2 aromatic heterocycles. The average molecular weight is 586 g/mol. The van der Waals surface area contributed by atoms with Crippen molar-refractivity contribution in [2.24, 2.45) is 5.92 Å². The molecule has 0 bridgehead atoms. The first-order valence-corrected chi connectivity index (χ1v) is 15.1. The summed E-state index contributed by atoms with van der Waals surface area (Å²) in [5.41, 5.74) is 1.08. The Bertz CT molecular complexity index is 1470. The molecule has 0 saturated heterocycles. The van der Waals surface area contributed by atoms with Crippen LogP contribution in [0.15, 0.2) is 83.1 Å². The van der Waals surface area contributed by atoms with Crippen molar-refractivity contribution in [3.05, 3.63) is 78.3 Å². The Morgan fingerprint density at radius 3 is 2.23 bits per heavy atom. The van der Waals surface area contributed by atoms with Crippen molar-refractivity contribution >= 4 is 39.2 Å². The molecule has 0 saturated carbocycles. The van der Waals surface area contributed by atoms with Gasteiger partial charge in [-0.1, -0.05) is 55.8 Å². The smallest absolute Gasteiger partial charge is 0.316 e. The fourth-order valence-corrected chi connectivity index (χ4v) is 5.69. The van der Waals surface area contributed by atoms with Crippen LogP contribution in [-0.2, 0) is 10.0 Å². The van der Waals surface area contributed by atoms with Gasteiger partial charge in [0.25, 0.3) is 10.0 Å². The Hall–Kier alpha value is -3.41. The minimum atomic E-state index is -3.95. The molecule has 2 aromatic carbocycles. The molecule has 0 aliphatic carbocycles. The second-order valence-electron chi connectivity index (χ2n) is 8.73. The fraction of sp³-hybridized carbons (Fsp3) is 0.259. The van der Waals surface area contributed by atoms with Gasteiger partial charge in [0.2, 0.25) is 5.88 Å². The first kappa shape index (κ1) is 28.6. The van der Waals surface area contributed by atoms with Crippen molar-refractivity contribution < 1.29 is 17.9 Å². The van der Waals surface area contributed by atoms with Crippen LogP contribution in [0.25, 0.3) is 11.1 Å². The highest BCUT2D eigenvalue weighted by atomic mass is 35.5. The average Bonchev–Trinajstić information content (AvgIpc) is 2.95. The highest BCUT2D eigenvalue weighted by Gasteiger charge is 2.31. The standard InChI is InChI=1S/C27H28ClN5O4S2/c1-19(2)17-33(39(34,35)23-7-5-4-6-8-23)25-24(20-9-11-21(28)12-10-20)26(32-18-31-25)36-13-14-37-27-29-15-22(38-3)16-30-27/h4-12,15-16,18-19H,13-14,17H2,1-3H3. The van der Waals surface area contributed by atoms with Crippen LogP contribution in [0.4, 0.5) is 5.82 Å². The zero-order valence-corrected chi connectivity index (χ0v) is 24.1. The van der Waals surface area contributed by atoms with E-state index in [0.717, 1.165) is 4.90 Å². The summed E-state index contributed by atoms with van der Waals surface area (Å²) in [7, 11) is -3.95. The molecular weight excluding hydrogens is 558 g/mol. The van der Waals surface area contributed by atoms with Crippen LogP contribution < -0.4 is 13.8 Å². The molecule has 39 heavy (non-hydrogen) atoms. The number of nitrogens with zero attached hydrogens (tertiary/aromatic N) is 5. The second kappa shape index (κ2) is 13.1. The molecule has 0 radical (unpaired) electrons. The van der Waals surface area contributed by atoms with E-state index in [2.05, 4.69) is 19.9 Å². The van der Waals surface area contributed by atoms with E-state index in [-0.39, 0.29) is 48.3 Å². The Morgan fingerprint density at radius 2 is 1.59 bits per heavy atom. The van der Waals surface area contributed by atoms with E-state index >= 15 is 0 Å². The summed E-state index contributed by atoms with van der Waals surface area (Å²) in [5.74, 6) is 0.421. The Kier molecular flexibility index (Phi) is 9.60. The Morgan fingerprint density at radius 1 is 0.923 bits per heavy atom. The molecule has 204 valence electrons. The minimum absolute atomic E-state index is 0.00628. The highest BCUT2D eigenvalue weighted by molar-refractivity contribution is 7.98. The van der Waals surface area contributed by atoms with Gasteiger partial charge in [-0.3, -0.25) is 0 Å². The van der Waals surface area contributed by atoms with Gasteiger partial charge in [-0.05, 0) is 42.0 Å². The predicted octanol–water partition coefficient (Wildman–Crippen LogP) is 5.62. The maximum atomic E-state index is 13.8. The summed E-state index contributed by atoms with van der Waals surface area (Å²) in [4.78, 5) is 18.2. The van der Waals surface area contributed by atoms with Crippen molar-refractivity contribution in [3.63, 3.8) is 0 Å². The normalized spacial score (nSPS) is 11.4. The number of halogens is 1. The lowest BCUT2D eigenvalue weighted by Crippen LogP contribution is -2.35. The van der Waals surface area contributed by atoms with Crippen LogP contribution in [0, 0.1) is 5.92 Å². The van der Waals surface area contributed by atoms with E-state index in [1.54, 1.807) is 67.0 Å². The van der Waals surface area contributed by atoms with Crippen LogP contribution in [0.3, 0.4) is 0 Å². The number of hydrogen-bond acceptors (Lipinski definition) is 9. The SMILES string of the molecule is CSc1cnc(OCCOc2ncnc(N(CC(C)C)S(=O)(=O)c3ccccc3)c2-c2ccc(Cl)cc2)nc1.